The number of aryl methyl sites for hydroxylation is 1. The highest BCUT2D eigenvalue weighted by Gasteiger charge is 2.20. The highest BCUT2D eigenvalue weighted by atomic mass is 32.1. The molecule has 1 unspecified atom stereocenters. The van der Waals surface area contributed by atoms with Gasteiger partial charge in [0, 0.05) is 17.3 Å². The van der Waals surface area contributed by atoms with E-state index in [0.29, 0.717) is 11.2 Å². The molecule has 0 amide bonds. The molecule has 6 heteroatoms. The normalized spacial score (nSPS) is 18.4. The molecule has 3 rings (SSSR count). The van der Waals surface area contributed by atoms with Gasteiger partial charge in [-0.25, -0.2) is 9.66 Å². The van der Waals surface area contributed by atoms with Crippen molar-refractivity contribution in [3.05, 3.63) is 40.6 Å². The molecule has 1 aliphatic rings. The highest BCUT2D eigenvalue weighted by Crippen LogP contribution is 2.32. The molecule has 1 aliphatic carbocycles. The van der Waals surface area contributed by atoms with Crippen LogP contribution in [0.3, 0.4) is 0 Å². The molecule has 2 aromatic heterocycles. The van der Waals surface area contributed by atoms with Crippen LogP contribution in [0, 0.1) is 0 Å². The highest BCUT2D eigenvalue weighted by molar-refractivity contribution is 7.80. The topological polar surface area (TPSA) is 41.9 Å². The summed E-state index contributed by atoms with van der Waals surface area (Å²) >= 11 is 7.22. The monoisotopic (exact) mass is 292 g/mol. The molecular formula is C13H16N4S2. The number of rotatable bonds is 2. The molecule has 4 nitrogen and oxygen atoms in total. The first-order valence-corrected chi connectivity index (χ1v) is 7.73. The Bertz CT molecular complexity index is 547. The molecule has 0 aromatic carbocycles. The van der Waals surface area contributed by atoms with Crippen molar-refractivity contribution in [1.82, 2.24) is 15.0 Å². The van der Waals surface area contributed by atoms with Gasteiger partial charge in [0.15, 0.2) is 5.11 Å². The van der Waals surface area contributed by atoms with Gasteiger partial charge in [-0.15, -0.1) is 11.3 Å². The summed E-state index contributed by atoms with van der Waals surface area (Å²) in [5.41, 5.74) is 4.50. The van der Waals surface area contributed by atoms with E-state index in [-0.39, 0.29) is 0 Å². The van der Waals surface area contributed by atoms with E-state index >= 15 is 0 Å². The van der Waals surface area contributed by atoms with E-state index in [4.69, 9.17) is 12.2 Å². The Morgan fingerprint density at radius 1 is 1.47 bits per heavy atom. The van der Waals surface area contributed by atoms with E-state index in [0.717, 1.165) is 6.42 Å². The Labute approximate surface area is 121 Å². The summed E-state index contributed by atoms with van der Waals surface area (Å²) in [6.07, 6.45) is 10.1. The van der Waals surface area contributed by atoms with Crippen LogP contribution in [0.15, 0.2) is 30.2 Å². The van der Waals surface area contributed by atoms with Crippen LogP contribution >= 0.6 is 23.6 Å². The fourth-order valence-electron chi connectivity index (χ4n) is 2.44. The number of hydrogen-bond donors (Lipinski definition) is 2. The van der Waals surface area contributed by atoms with Crippen LogP contribution < -0.4 is 10.7 Å². The largest absolute Gasteiger partial charge is 0.354 e. The number of nitrogens with one attached hydrogen (secondary N) is 2. The molecule has 1 atom stereocenters. The van der Waals surface area contributed by atoms with E-state index < -0.39 is 0 Å². The lowest BCUT2D eigenvalue weighted by atomic mass is 10.1. The van der Waals surface area contributed by atoms with Crippen molar-refractivity contribution >= 4 is 28.7 Å². The van der Waals surface area contributed by atoms with Crippen LogP contribution in [0.5, 0.6) is 0 Å². The molecule has 0 radical (unpaired) electrons. The minimum atomic E-state index is 0.326. The molecule has 0 fully saturated rings. The maximum atomic E-state index is 5.36. The van der Waals surface area contributed by atoms with Crippen LogP contribution in [0.25, 0.3) is 0 Å². The molecule has 0 aliphatic heterocycles. The van der Waals surface area contributed by atoms with Crippen molar-refractivity contribution < 1.29 is 0 Å². The molecule has 0 bridgehead atoms. The maximum absolute atomic E-state index is 5.36. The van der Waals surface area contributed by atoms with Crippen LogP contribution in [0.1, 0.15) is 35.7 Å². The van der Waals surface area contributed by atoms with E-state index in [2.05, 4.69) is 27.2 Å². The third-order valence-electron chi connectivity index (χ3n) is 3.34. The van der Waals surface area contributed by atoms with E-state index in [1.54, 1.807) is 17.2 Å². The summed E-state index contributed by atoms with van der Waals surface area (Å²) in [6, 6.07) is 2.55. The Hall–Kier alpha value is -1.40. The maximum Gasteiger partial charge on any atom is 0.186 e. The van der Waals surface area contributed by atoms with Crippen LogP contribution in [-0.4, -0.2) is 14.8 Å². The average Bonchev–Trinajstić information content (AvgIpc) is 3.01. The number of thiophene rings is 1. The van der Waals surface area contributed by atoms with Gasteiger partial charge in [0.1, 0.15) is 6.33 Å². The van der Waals surface area contributed by atoms with E-state index in [1.807, 2.05) is 17.5 Å². The summed E-state index contributed by atoms with van der Waals surface area (Å²) < 4.78 is 1.75. The molecule has 19 heavy (non-hydrogen) atoms. The van der Waals surface area contributed by atoms with E-state index in [1.165, 1.54) is 29.7 Å². The zero-order valence-electron chi connectivity index (χ0n) is 10.5. The summed E-state index contributed by atoms with van der Waals surface area (Å²) in [6.45, 7) is 0. The Morgan fingerprint density at radius 2 is 2.42 bits per heavy atom. The summed E-state index contributed by atoms with van der Waals surface area (Å²) in [5.74, 6) is 0. The third-order valence-corrected chi connectivity index (χ3v) is 4.55. The summed E-state index contributed by atoms with van der Waals surface area (Å²) in [7, 11) is 0. The van der Waals surface area contributed by atoms with Crippen LogP contribution in [0.2, 0.25) is 0 Å². The quantitative estimate of drug-likeness (QED) is 0.660. The van der Waals surface area contributed by atoms with Gasteiger partial charge in [-0.1, -0.05) is 6.42 Å². The Morgan fingerprint density at radius 3 is 3.26 bits per heavy atom. The number of fused-ring (bicyclic) bond motifs is 1. The van der Waals surface area contributed by atoms with E-state index in [9.17, 15) is 0 Å². The van der Waals surface area contributed by atoms with Crippen molar-refractivity contribution in [3.8, 4) is 0 Å². The van der Waals surface area contributed by atoms with Gasteiger partial charge in [-0.2, -0.15) is 0 Å². The molecule has 2 N–H and O–H groups in total. The van der Waals surface area contributed by atoms with Crippen molar-refractivity contribution in [2.24, 2.45) is 0 Å². The summed E-state index contributed by atoms with van der Waals surface area (Å²) in [4.78, 5) is 5.48. The van der Waals surface area contributed by atoms with Gasteiger partial charge >= 0.3 is 0 Å². The second-order valence-electron chi connectivity index (χ2n) is 4.65. The number of thiocarbonyl (C=S) groups is 1. The molecule has 2 aromatic rings. The lowest BCUT2D eigenvalue weighted by molar-refractivity contribution is 0.569. The van der Waals surface area contributed by atoms with Crippen LogP contribution in [0.4, 0.5) is 0 Å². The smallest absolute Gasteiger partial charge is 0.186 e. The molecule has 2 heterocycles. The second-order valence-corrected chi connectivity index (χ2v) is 6.06. The number of hydrogen-bond acceptors (Lipinski definition) is 3. The SMILES string of the molecule is S=C(NC1CCCCc2sccc21)Nn1ccnc1. The van der Waals surface area contributed by atoms with Crippen molar-refractivity contribution in [2.75, 3.05) is 5.43 Å². The van der Waals surface area contributed by atoms with Gasteiger partial charge in [-0.05, 0) is 48.5 Å². The molecule has 0 spiro atoms. The average molecular weight is 292 g/mol. The van der Waals surface area contributed by atoms with Crippen molar-refractivity contribution in [3.63, 3.8) is 0 Å². The first-order valence-electron chi connectivity index (χ1n) is 6.44. The molecular weight excluding hydrogens is 276 g/mol. The number of aromatic nitrogens is 2. The summed E-state index contributed by atoms with van der Waals surface area (Å²) in [5, 5.41) is 6.24. The molecule has 0 saturated heterocycles. The zero-order chi connectivity index (χ0) is 13.1. The Balaban J connectivity index is 1.68. The van der Waals surface area contributed by atoms with Gasteiger partial charge < -0.3 is 5.32 Å². The number of nitrogens with zero attached hydrogens (tertiary/aromatic N) is 2. The minimum Gasteiger partial charge on any atom is -0.354 e. The lowest BCUT2D eigenvalue weighted by Gasteiger charge is -2.20. The minimum absolute atomic E-state index is 0.326. The predicted molar refractivity (Wildman–Crippen MR) is 81.9 cm³/mol. The second kappa shape index (κ2) is 5.71. The van der Waals surface area contributed by atoms with Gasteiger partial charge in [-0.3, -0.25) is 5.43 Å². The molecule has 0 saturated carbocycles. The predicted octanol–water partition coefficient (Wildman–Crippen LogP) is 2.83. The first kappa shape index (κ1) is 12.6. The molecule has 100 valence electrons. The fourth-order valence-corrected chi connectivity index (χ4v) is 3.67. The van der Waals surface area contributed by atoms with Crippen LogP contribution in [-0.2, 0) is 6.42 Å². The first-order chi connectivity index (χ1) is 9.33. The number of imidazole rings is 1. The Kier molecular flexibility index (Phi) is 3.79. The van der Waals surface area contributed by atoms with Crippen molar-refractivity contribution in [1.29, 1.82) is 0 Å². The fraction of sp³-hybridized carbons (Fsp3) is 0.385. The van der Waals surface area contributed by atoms with Gasteiger partial charge in [0.2, 0.25) is 0 Å². The lowest BCUT2D eigenvalue weighted by Crippen LogP contribution is -2.36. The van der Waals surface area contributed by atoms with Gasteiger partial charge in [0.25, 0.3) is 0 Å². The van der Waals surface area contributed by atoms with Gasteiger partial charge in [0.05, 0.1) is 6.04 Å². The third kappa shape index (κ3) is 2.96. The standard InChI is InChI=1S/C13H16N4S2/c18-13(16-17-7-6-14-9-17)15-11-3-1-2-4-12-10(11)5-8-19-12/h5-9,11H,1-4H2,(H2,15,16,18). The zero-order valence-corrected chi connectivity index (χ0v) is 12.1. The van der Waals surface area contributed by atoms with Crippen molar-refractivity contribution in [2.45, 2.75) is 31.7 Å².